The summed E-state index contributed by atoms with van der Waals surface area (Å²) in [6.45, 7) is 2.25. The second-order valence-electron chi connectivity index (χ2n) is 5.43. The highest BCUT2D eigenvalue weighted by Gasteiger charge is 2.28. The van der Waals surface area contributed by atoms with Gasteiger partial charge in [0.2, 0.25) is 0 Å². The summed E-state index contributed by atoms with van der Waals surface area (Å²) in [5.74, 6) is 1.25. The van der Waals surface area contributed by atoms with E-state index in [1.165, 1.54) is 31.7 Å². The average molecular weight is 314 g/mol. The second kappa shape index (κ2) is 6.16. The van der Waals surface area contributed by atoms with E-state index in [0.717, 1.165) is 17.9 Å². The molecule has 0 saturated heterocycles. The van der Waals surface area contributed by atoms with Gasteiger partial charge in [0.1, 0.15) is 5.82 Å². The highest BCUT2D eigenvalue weighted by Crippen LogP contribution is 2.35. The van der Waals surface area contributed by atoms with Gasteiger partial charge in [0.15, 0.2) is 0 Å². The van der Waals surface area contributed by atoms with E-state index in [-0.39, 0.29) is 11.9 Å². The van der Waals surface area contributed by atoms with Crippen molar-refractivity contribution in [2.24, 2.45) is 17.6 Å². The molecule has 0 radical (unpaired) electrons. The molecule has 1 nitrogen and oxygen atoms in total. The van der Waals surface area contributed by atoms with Gasteiger partial charge in [-0.25, -0.2) is 4.39 Å². The second-order valence-corrected chi connectivity index (χ2v) is 6.22. The van der Waals surface area contributed by atoms with Crippen molar-refractivity contribution < 1.29 is 4.39 Å². The van der Waals surface area contributed by atoms with Crippen LogP contribution in [0.3, 0.4) is 0 Å². The van der Waals surface area contributed by atoms with E-state index in [9.17, 15) is 4.39 Å². The van der Waals surface area contributed by atoms with Crippen LogP contribution in [-0.2, 0) is 6.42 Å². The lowest BCUT2D eigenvalue weighted by molar-refractivity contribution is 0.404. The third-order valence-electron chi connectivity index (χ3n) is 4.25. The smallest absolute Gasteiger partial charge is 0.137 e. The molecule has 1 aliphatic carbocycles. The van der Waals surface area contributed by atoms with Crippen LogP contribution >= 0.6 is 15.9 Å². The van der Waals surface area contributed by atoms with Crippen molar-refractivity contribution in [3.8, 4) is 0 Å². The number of halogens is 2. The molecule has 0 bridgehead atoms. The van der Waals surface area contributed by atoms with Crippen molar-refractivity contribution in [2.45, 2.75) is 45.1 Å². The molecule has 0 aromatic heterocycles. The Morgan fingerprint density at radius 3 is 2.89 bits per heavy atom. The summed E-state index contributed by atoms with van der Waals surface area (Å²) >= 11 is 3.31. The minimum absolute atomic E-state index is 0.152. The zero-order valence-electron chi connectivity index (χ0n) is 10.8. The standard InChI is InChI=1S/C15H21BrFN/c1-2-10-6-7-11(8-10)14(18)9-12-4-3-5-13(17)15(12)16/h3-5,10-11,14H,2,6-9,18H2,1H3. The molecule has 100 valence electrons. The fraction of sp³-hybridized carbons (Fsp3) is 0.600. The average Bonchev–Trinajstić information content (AvgIpc) is 2.83. The van der Waals surface area contributed by atoms with E-state index < -0.39 is 0 Å². The van der Waals surface area contributed by atoms with E-state index in [1.807, 2.05) is 6.07 Å². The number of hydrogen-bond donors (Lipinski definition) is 1. The van der Waals surface area contributed by atoms with Crippen LogP contribution in [0.5, 0.6) is 0 Å². The predicted molar refractivity (Wildman–Crippen MR) is 76.9 cm³/mol. The van der Waals surface area contributed by atoms with Crippen LogP contribution in [0.4, 0.5) is 4.39 Å². The molecule has 3 unspecified atom stereocenters. The van der Waals surface area contributed by atoms with Crippen molar-refractivity contribution in [2.75, 3.05) is 0 Å². The van der Waals surface area contributed by atoms with Gasteiger partial charge in [-0.3, -0.25) is 0 Å². The molecular formula is C15H21BrFN. The molecule has 18 heavy (non-hydrogen) atoms. The van der Waals surface area contributed by atoms with Crippen molar-refractivity contribution in [1.82, 2.24) is 0 Å². The number of hydrogen-bond acceptors (Lipinski definition) is 1. The molecule has 0 heterocycles. The SMILES string of the molecule is CCC1CCC(C(N)Cc2cccc(F)c2Br)C1. The normalized spacial score (nSPS) is 25.3. The molecule has 1 aromatic carbocycles. The lowest BCUT2D eigenvalue weighted by atomic mass is 9.91. The molecule has 1 aromatic rings. The first-order chi connectivity index (χ1) is 8.61. The first-order valence-corrected chi connectivity index (χ1v) is 7.59. The summed E-state index contributed by atoms with van der Waals surface area (Å²) < 4.78 is 14.0. The molecular weight excluding hydrogens is 293 g/mol. The molecule has 0 spiro atoms. The van der Waals surface area contributed by atoms with Crippen LogP contribution in [-0.4, -0.2) is 6.04 Å². The summed E-state index contributed by atoms with van der Waals surface area (Å²) in [4.78, 5) is 0. The number of rotatable bonds is 4. The van der Waals surface area contributed by atoms with Gasteiger partial charge in [0, 0.05) is 6.04 Å². The maximum atomic E-state index is 13.4. The minimum Gasteiger partial charge on any atom is -0.327 e. The van der Waals surface area contributed by atoms with Gasteiger partial charge in [-0.05, 0) is 58.7 Å². The fourth-order valence-corrected chi connectivity index (χ4v) is 3.43. The van der Waals surface area contributed by atoms with Crippen LogP contribution in [0, 0.1) is 17.7 Å². The lowest BCUT2D eigenvalue weighted by Crippen LogP contribution is -2.31. The number of benzene rings is 1. The van der Waals surface area contributed by atoms with Gasteiger partial charge >= 0.3 is 0 Å². The Labute approximate surface area is 117 Å². The van der Waals surface area contributed by atoms with Crippen LogP contribution in [0.15, 0.2) is 22.7 Å². The molecule has 3 atom stereocenters. The Hall–Kier alpha value is -0.410. The van der Waals surface area contributed by atoms with Gasteiger partial charge in [-0.1, -0.05) is 31.9 Å². The van der Waals surface area contributed by atoms with Gasteiger partial charge in [-0.2, -0.15) is 0 Å². The maximum Gasteiger partial charge on any atom is 0.137 e. The number of nitrogens with two attached hydrogens (primary N) is 1. The van der Waals surface area contributed by atoms with Gasteiger partial charge in [-0.15, -0.1) is 0 Å². The molecule has 2 N–H and O–H groups in total. The maximum absolute atomic E-state index is 13.4. The van der Waals surface area contributed by atoms with Gasteiger partial charge < -0.3 is 5.73 Å². The van der Waals surface area contributed by atoms with Crippen LogP contribution in [0.25, 0.3) is 0 Å². The summed E-state index contributed by atoms with van der Waals surface area (Å²) in [7, 11) is 0. The van der Waals surface area contributed by atoms with E-state index in [0.29, 0.717) is 10.4 Å². The predicted octanol–water partition coefficient (Wildman–Crippen LogP) is 4.28. The Morgan fingerprint density at radius 2 is 2.22 bits per heavy atom. The van der Waals surface area contributed by atoms with E-state index in [1.54, 1.807) is 6.07 Å². The quantitative estimate of drug-likeness (QED) is 0.882. The topological polar surface area (TPSA) is 26.0 Å². The first kappa shape index (κ1) is 14.0. The minimum atomic E-state index is -0.197. The zero-order valence-corrected chi connectivity index (χ0v) is 12.4. The molecule has 1 fully saturated rings. The summed E-state index contributed by atoms with van der Waals surface area (Å²) in [5.41, 5.74) is 7.29. The first-order valence-electron chi connectivity index (χ1n) is 6.80. The highest BCUT2D eigenvalue weighted by atomic mass is 79.9. The monoisotopic (exact) mass is 313 g/mol. The van der Waals surface area contributed by atoms with Crippen molar-refractivity contribution >= 4 is 15.9 Å². The zero-order chi connectivity index (χ0) is 13.1. The summed E-state index contributed by atoms with van der Waals surface area (Å²) in [6.07, 6.45) is 5.79. The molecule has 1 aliphatic rings. The largest absolute Gasteiger partial charge is 0.327 e. The van der Waals surface area contributed by atoms with Crippen molar-refractivity contribution in [1.29, 1.82) is 0 Å². The molecule has 3 heteroatoms. The van der Waals surface area contributed by atoms with Crippen molar-refractivity contribution in [3.63, 3.8) is 0 Å². The van der Waals surface area contributed by atoms with E-state index >= 15 is 0 Å². The molecule has 0 aliphatic heterocycles. The van der Waals surface area contributed by atoms with Gasteiger partial charge in [0.05, 0.1) is 4.47 Å². The Morgan fingerprint density at radius 1 is 1.44 bits per heavy atom. The third kappa shape index (κ3) is 3.12. The van der Waals surface area contributed by atoms with E-state index in [4.69, 9.17) is 5.73 Å². The summed E-state index contributed by atoms with van der Waals surface area (Å²) in [5, 5.41) is 0. The lowest BCUT2D eigenvalue weighted by Gasteiger charge is -2.20. The molecule has 1 saturated carbocycles. The Balaban J connectivity index is 1.99. The molecule has 2 rings (SSSR count). The Bertz CT molecular complexity index is 407. The van der Waals surface area contributed by atoms with Crippen LogP contribution in [0.2, 0.25) is 0 Å². The summed E-state index contributed by atoms with van der Waals surface area (Å²) in [6, 6.07) is 5.34. The van der Waals surface area contributed by atoms with Crippen LogP contribution in [0.1, 0.15) is 38.2 Å². The third-order valence-corrected chi connectivity index (χ3v) is 5.14. The Kier molecular flexibility index (Phi) is 4.79. The fourth-order valence-electron chi connectivity index (χ4n) is 3.00. The highest BCUT2D eigenvalue weighted by molar-refractivity contribution is 9.10. The molecule has 0 amide bonds. The van der Waals surface area contributed by atoms with Crippen LogP contribution < -0.4 is 5.73 Å². The van der Waals surface area contributed by atoms with Crippen molar-refractivity contribution in [3.05, 3.63) is 34.1 Å². The van der Waals surface area contributed by atoms with E-state index in [2.05, 4.69) is 22.9 Å². The van der Waals surface area contributed by atoms with Gasteiger partial charge in [0.25, 0.3) is 0 Å².